The molecular formula is C11H10BrN3OS. The van der Waals surface area contributed by atoms with Crippen LogP contribution in [-0.2, 0) is 0 Å². The SMILES string of the molecule is Cc1nc(Br)ccc1NC(=O)c1scnc1C. The maximum Gasteiger partial charge on any atom is 0.267 e. The highest BCUT2D eigenvalue weighted by molar-refractivity contribution is 9.10. The van der Waals surface area contributed by atoms with Crippen LogP contribution in [0.3, 0.4) is 0 Å². The first-order chi connectivity index (χ1) is 8.08. The molecule has 1 N–H and O–H groups in total. The Morgan fingerprint density at radius 3 is 2.71 bits per heavy atom. The summed E-state index contributed by atoms with van der Waals surface area (Å²) in [5.74, 6) is -0.141. The van der Waals surface area contributed by atoms with Crippen LogP contribution in [0.2, 0.25) is 0 Å². The minimum atomic E-state index is -0.141. The number of pyridine rings is 1. The van der Waals surface area contributed by atoms with Gasteiger partial charge in [0.2, 0.25) is 0 Å². The van der Waals surface area contributed by atoms with Gasteiger partial charge in [-0.15, -0.1) is 11.3 Å². The van der Waals surface area contributed by atoms with E-state index >= 15 is 0 Å². The quantitative estimate of drug-likeness (QED) is 0.867. The summed E-state index contributed by atoms with van der Waals surface area (Å²) < 4.78 is 0.752. The van der Waals surface area contributed by atoms with E-state index in [0.29, 0.717) is 10.6 Å². The van der Waals surface area contributed by atoms with Crippen LogP contribution < -0.4 is 5.32 Å². The molecule has 0 bridgehead atoms. The van der Waals surface area contributed by atoms with E-state index in [1.165, 1.54) is 11.3 Å². The summed E-state index contributed by atoms with van der Waals surface area (Å²) >= 11 is 4.61. The number of anilines is 1. The minimum Gasteiger partial charge on any atom is -0.320 e. The van der Waals surface area contributed by atoms with Crippen molar-refractivity contribution in [3.63, 3.8) is 0 Å². The topological polar surface area (TPSA) is 54.9 Å². The Kier molecular flexibility index (Phi) is 3.54. The lowest BCUT2D eigenvalue weighted by atomic mass is 10.3. The van der Waals surface area contributed by atoms with E-state index < -0.39 is 0 Å². The third-order valence-electron chi connectivity index (χ3n) is 2.25. The van der Waals surface area contributed by atoms with Gasteiger partial charge in [-0.2, -0.15) is 0 Å². The number of carbonyl (C=O) groups is 1. The van der Waals surface area contributed by atoms with Crippen LogP contribution in [-0.4, -0.2) is 15.9 Å². The van der Waals surface area contributed by atoms with Gasteiger partial charge < -0.3 is 5.32 Å². The number of rotatable bonds is 2. The molecule has 2 aromatic heterocycles. The van der Waals surface area contributed by atoms with Crippen molar-refractivity contribution in [2.45, 2.75) is 13.8 Å². The molecule has 0 atom stereocenters. The maximum atomic E-state index is 12.0. The second-order valence-corrected chi connectivity index (χ2v) is 5.16. The number of hydrogen-bond acceptors (Lipinski definition) is 4. The molecule has 1 amide bonds. The smallest absolute Gasteiger partial charge is 0.267 e. The van der Waals surface area contributed by atoms with Crippen molar-refractivity contribution < 1.29 is 4.79 Å². The van der Waals surface area contributed by atoms with Gasteiger partial charge in [-0.25, -0.2) is 9.97 Å². The first kappa shape index (κ1) is 12.2. The molecule has 0 unspecified atom stereocenters. The Hall–Kier alpha value is -1.27. The van der Waals surface area contributed by atoms with Crippen molar-refractivity contribution in [1.29, 1.82) is 0 Å². The number of hydrogen-bond donors (Lipinski definition) is 1. The van der Waals surface area contributed by atoms with Gasteiger partial charge in [0.05, 0.1) is 22.6 Å². The highest BCUT2D eigenvalue weighted by Crippen LogP contribution is 2.19. The summed E-state index contributed by atoms with van der Waals surface area (Å²) in [4.78, 5) is 20.9. The largest absolute Gasteiger partial charge is 0.320 e. The average molecular weight is 312 g/mol. The van der Waals surface area contributed by atoms with Gasteiger partial charge in [0.25, 0.3) is 5.91 Å². The van der Waals surface area contributed by atoms with Gasteiger partial charge in [0.1, 0.15) is 9.48 Å². The van der Waals surface area contributed by atoms with Crippen molar-refractivity contribution in [3.8, 4) is 0 Å². The second-order valence-electron chi connectivity index (χ2n) is 3.49. The summed E-state index contributed by atoms with van der Waals surface area (Å²) in [6, 6.07) is 3.61. The molecule has 0 saturated carbocycles. The molecule has 0 aliphatic heterocycles. The molecule has 0 aliphatic carbocycles. The number of nitrogens with one attached hydrogen (secondary N) is 1. The highest BCUT2D eigenvalue weighted by atomic mass is 79.9. The Labute approximate surface area is 111 Å². The Bertz CT molecular complexity index is 568. The van der Waals surface area contributed by atoms with Crippen LogP contribution in [0.1, 0.15) is 21.1 Å². The maximum absolute atomic E-state index is 12.0. The van der Waals surface area contributed by atoms with Crippen LogP contribution in [0, 0.1) is 13.8 Å². The molecule has 88 valence electrons. The van der Waals surface area contributed by atoms with Gasteiger partial charge in [0.15, 0.2) is 0 Å². The lowest BCUT2D eigenvalue weighted by molar-refractivity contribution is 0.102. The first-order valence-corrected chi connectivity index (χ1v) is 6.60. The van der Waals surface area contributed by atoms with Gasteiger partial charge >= 0.3 is 0 Å². The molecule has 2 aromatic rings. The van der Waals surface area contributed by atoms with Crippen molar-refractivity contribution in [2.24, 2.45) is 0 Å². The summed E-state index contributed by atoms with van der Waals surface area (Å²) in [5, 5.41) is 2.83. The Morgan fingerprint density at radius 2 is 2.12 bits per heavy atom. The van der Waals surface area contributed by atoms with E-state index in [1.54, 1.807) is 11.6 Å². The highest BCUT2D eigenvalue weighted by Gasteiger charge is 2.13. The fourth-order valence-corrected chi connectivity index (χ4v) is 2.46. The summed E-state index contributed by atoms with van der Waals surface area (Å²) in [6.45, 7) is 3.66. The van der Waals surface area contributed by atoms with Gasteiger partial charge in [-0.05, 0) is 41.9 Å². The van der Waals surface area contributed by atoms with Crippen molar-refractivity contribution in [1.82, 2.24) is 9.97 Å². The molecular weight excluding hydrogens is 302 g/mol. The molecule has 4 nitrogen and oxygen atoms in total. The summed E-state index contributed by atoms with van der Waals surface area (Å²) in [5.41, 5.74) is 3.90. The minimum absolute atomic E-state index is 0.141. The lowest BCUT2D eigenvalue weighted by Crippen LogP contribution is -2.12. The lowest BCUT2D eigenvalue weighted by Gasteiger charge is -2.07. The van der Waals surface area contributed by atoms with E-state index in [4.69, 9.17) is 0 Å². The third-order valence-corrected chi connectivity index (χ3v) is 3.62. The number of aromatic nitrogens is 2. The zero-order valence-corrected chi connectivity index (χ0v) is 11.7. The standard InChI is InChI=1S/C11H10BrN3OS/c1-6-8(3-4-9(12)14-6)15-11(16)10-7(2)13-5-17-10/h3-5H,1-2H3,(H,15,16). The number of amides is 1. The van der Waals surface area contributed by atoms with Crippen LogP contribution in [0.15, 0.2) is 22.2 Å². The number of thiazole rings is 1. The number of carbonyl (C=O) groups excluding carboxylic acids is 1. The van der Waals surface area contributed by atoms with Gasteiger partial charge in [-0.1, -0.05) is 0 Å². The second kappa shape index (κ2) is 4.93. The zero-order chi connectivity index (χ0) is 12.4. The van der Waals surface area contributed by atoms with E-state index in [2.05, 4.69) is 31.2 Å². The van der Waals surface area contributed by atoms with Crippen molar-refractivity contribution in [3.05, 3.63) is 38.5 Å². The van der Waals surface area contributed by atoms with Crippen LogP contribution in [0.4, 0.5) is 5.69 Å². The molecule has 17 heavy (non-hydrogen) atoms. The van der Waals surface area contributed by atoms with Crippen LogP contribution in [0.5, 0.6) is 0 Å². The fourth-order valence-electron chi connectivity index (χ4n) is 1.36. The predicted octanol–water partition coefficient (Wildman–Crippen LogP) is 3.17. The predicted molar refractivity (Wildman–Crippen MR) is 71.5 cm³/mol. The van der Waals surface area contributed by atoms with E-state index in [1.807, 2.05) is 19.9 Å². The van der Waals surface area contributed by atoms with Crippen LogP contribution >= 0.6 is 27.3 Å². The van der Waals surface area contributed by atoms with Gasteiger partial charge in [0, 0.05) is 0 Å². The first-order valence-electron chi connectivity index (χ1n) is 4.92. The molecule has 0 fully saturated rings. The zero-order valence-electron chi connectivity index (χ0n) is 9.32. The molecule has 0 radical (unpaired) electrons. The Morgan fingerprint density at radius 1 is 1.35 bits per heavy atom. The fraction of sp³-hybridized carbons (Fsp3) is 0.182. The molecule has 2 rings (SSSR count). The number of nitrogens with zero attached hydrogens (tertiary/aromatic N) is 2. The van der Waals surface area contributed by atoms with Gasteiger partial charge in [-0.3, -0.25) is 4.79 Å². The van der Waals surface area contributed by atoms with Crippen molar-refractivity contribution in [2.75, 3.05) is 5.32 Å². The summed E-state index contributed by atoms with van der Waals surface area (Å²) in [7, 11) is 0. The van der Waals surface area contributed by atoms with E-state index in [-0.39, 0.29) is 5.91 Å². The van der Waals surface area contributed by atoms with E-state index in [0.717, 1.165) is 16.0 Å². The average Bonchev–Trinajstić information content (AvgIpc) is 2.68. The Balaban J connectivity index is 2.22. The molecule has 0 aliphatic rings. The molecule has 2 heterocycles. The van der Waals surface area contributed by atoms with E-state index in [9.17, 15) is 4.79 Å². The molecule has 0 saturated heterocycles. The molecule has 0 aromatic carbocycles. The monoisotopic (exact) mass is 311 g/mol. The molecule has 6 heteroatoms. The molecule has 0 spiro atoms. The number of aryl methyl sites for hydroxylation is 2. The van der Waals surface area contributed by atoms with Crippen LogP contribution in [0.25, 0.3) is 0 Å². The normalized spacial score (nSPS) is 10.3. The third kappa shape index (κ3) is 2.70. The van der Waals surface area contributed by atoms with Crippen molar-refractivity contribution >= 4 is 38.9 Å². The number of halogens is 1. The summed E-state index contributed by atoms with van der Waals surface area (Å²) in [6.07, 6.45) is 0.